The molecule has 1 N–H and O–H groups in total. The molecule has 0 bridgehead atoms. The third-order valence-electron chi connectivity index (χ3n) is 4.78. The lowest BCUT2D eigenvalue weighted by Crippen LogP contribution is -2.24. The molecule has 4 rings (SSSR count). The molecule has 7 heteroatoms. The maximum Gasteiger partial charge on any atom is 0.277 e. The Balaban J connectivity index is 1.46. The SMILES string of the molecule is O=C(COc1ccc(F)cc1)N/N=C\c1c(OCc2cccc(Br)c2)ccc2ccccc12. The first-order valence-corrected chi connectivity index (χ1v) is 11.0. The van der Waals surface area contributed by atoms with E-state index in [2.05, 4.69) is 26.5 Å². The monoisotopic (exact) mass is 506 g/mol. The number of carbonyl (C=O) groups excluding carboxylic acids is 1. The maximum absolute atomic E-state index is 13.0. The minimum Gasteiger partial charge on any atom is -0.488 e. The van der Waals surface area contributed by atoms with E-state index in [0.717, 1.165) is 26.4 Å². The van der Waals surface area contributed by atoms with Gasteiger partial charge in [-0.3, -0.25) is 4.79 Å². The second kappa shape index (κ2) is 10.7. The lowest BCUT2D eigenvalue weighted by Gasteiger charge is -2.12. The second-order valence-electron chi connectivity index (χ2n) is 7.15. The van der Waals surface area contributed by atoms with Gasteiger partial charge in [0.05, 0.1) is 6.21 Å². The molecule has 0 heterocycles. The average Bonchev–Trinajstić information content (AvgIpc) is 2.83. The van der Waals surface area contributed by atoms with Gasteiger partial charge in [0.25, 0.3) is 5.91 Å². The van der Waals surface area contributed by atoms with Crippen LogP contribution in [0, 0.1) is 5.82 Å². The standard InChI is InChI=1S/C26H20BrFN2O3/c27-20-6-3-4-18(14-20)16-33-25-13-8-19-5-1-2-7-23(19)24(25)15-29-30-26(31)17-32-22-11-9-21(28)10-12-22/h1-15H,16-17H2,(H,30,31)/b29-15-. The van der Waals surface area contributed by atoms with Gasteiger partial charge >= 0.3 is 0 Å². The number of hydrazone groups is 1. The van der Waals surface area contributed by atoms with E-state index in [-0.39, 0.29) is 12.4 Å². The number of hydrogen-bond acceptors (Lipinski definition) is 4. The molecule has 0 unspecified atom stereocenters. The molecule has 0 saturated heterocycles. The predicted molar refractivity (Wildman–Crippen MR) is 130 cm³/mol. The molecular weight excluding hydrogens is 487 g/mol. The topological polar surface area (TPSA) is 59.9 Å². The zero-order valence-electron chi connectivity index (χ0n) is 17.5. The minimum atomic E-state index is -0.438. The van der Waals surface area contributed by atoms with Crippen molar-refractivity contribution in [2.24, 2.45) is 5.10 Å². The van der Waals surface area contributed by atoms with Crippen LogP contribution in [0.3, 0.4) is 0 Å². The van der Waals surface area contributed by atoms with Crippen LogP contribution in [0.1, 0.15) is 11.1 Å². The molecule has 166 valence electrons. The maximum atomic E-state index is 13.0. The van der Waals surface area contributed by atoms with Crippen LogP contribution in [-0.2, 0) is 11.4 Å². The Morgan fingerprint density at radius 2 is 1.79 bits per heavy atom. The van der Waals surface area contributed by atoms with Gasteiger partial charge in [-0.2, -0.15) is 5.10 Å². The van der Waals surface area contributed by atoms with E-state index < -0.39 is 5.91 Å². The molecule has 0 aliphatic rings. The first-order valence-electron chi connectivity index (χ1n) is 10.2. The van der Waals surface area contributed by atoms with Crippen molar-refractivity contribution >= 4 is 38.8 Å². The number of rotatable bonds is 8. The van der Waals surface area contributed by atoms with Crippen LogP contribution in [0.5, 0.6) is 11.5 Å². The molecule has 0 atom stereocenters. The Hall–Kier alpha value is -3.71. The summed E-state index contributed by atoms with van der Waals surface area (Å²) in [7, 11) is 0. The highest BCUT2D eigenvalue weighted by atomic mass is 79.9. The molecule has 0 saturated carbocycles. The zero-order valence-corrected chi connectivity index (χ0v) is 19.1. The van der Waals surface area contributed by atoms with Gasteiger partial charge in [0, 0.05) is 10.0 Å². The van der Waals surface area contributed by atoms with Crippen LogP contribution in [0.4, 0.5) is 4.39 Å². The number of amides is 1. The van der Waals surface area contributed by atoms with E-state index in [9.17, 15) is 9.18 Å². The Morgan fingerprint density at radius 3 is 2.61 bits per heavy atom. The molecule has 0 aromatic heterocycles. The number of nitrogens with zero attached hydrogens (tertiary/aromatic N) is 1. The number of nitrogens with one attached hydrogen (secondary N) is 1. The Kier molecular flexibility index (Phi) is 7.32. The van der Waals surface area contributed by atoms with Crippen LogP contribution < -0.4 is 14.9 Å². The van der Waals surface area contributed by atoms with Crippen LogP contribution in [0.2, 0.25) is 0 Å². The van der Waals surface area contributed by atoms with Gasteiger partial charge in [0.15, 0.2) is 6.61 Å². The molecule has 0 aliphatic heterocycles. The molecule has 4 aromatic rings. The van der Waals surface area contributed by atoms with E-state index in [1.54, 1.807) is 6.21 Å². The van der Waals surface area contributed by atoms with Crippen molar-refractivity contribution in [2.75, 3.05) is 6.61 Å². The molecule has 0 spiro atoms. The van der Waals surface area contributed by atoms with Gasteiger partial charge in [-0.1, -0.05) is 58.4 Å². The van der Waals surface area contributed by atoms with Crippen molar-refractivity contribution in [1.82, 2.24) is 5.43 Å². The normalized spacial score (nSPS) is 11.0. The molecule has 5 nitrogen and oxygen atoms in total. The molecule has 0 aliphatic carbocycles. The number of hydrogen-bond donors (Lipinski definition) is 1. The summed E-state index contributed by atoms with van der Waals surface area (Å²) in [5.41, 5.74) is 4.23. The van der Waals surface area contributed by atoms with E-state index in [0.29, 0.717) is 18.1 Å². The van der Waals surface area contributed by atoms with Crippen molar-refractivity contribution in [3.8, 4) is 11.5 Å². The van der Waals surface area contributed by atoms with E-state index in [1.807, 2.05) is 60.7 Å². The zero-order chi connectivity index (χ0) is 23.0. The highest BCUT2D eigenvalue weighted by Crippen LogP contribution is 2.27. The van der Waals surface area contributed by atoms with Crippen molar-refractivity contribution < 1.29 is 18.7 Å². The van der Waals surface area contributed by atoms with Crippen molar-refractivity contribution in [3.05, 3.63) is 106 Å². The van der Waals surface area contributed by atoms with Crippen molar-refractivity contribution in [3.63, 3.8) is 0 Å². The number of ether oxygens (including phenoxy) is 2. The Morgan fingerprint density at radius 1 is 0.970 bits per heavy atom. The Labute approximate surface area is 199 Å². The lowest BCUT2D eigenvalue weighted by molar-refractivity contribution is -0.123. The lowest BCUT2D eigenvalue weighted by atomic mass is 10.0. The summed E-state index contributed by atoms with van der Waals surface area (Å²) in [5, 5.41) is 6.07. The molecule has 0 radical (unpaired) electrons. The quantitative estimate of drug-likeness (QED) is 0.241. The summed E-state index contributed by atoms with van der Waals surface area (Å²) >= 11 is 3.47. The fourth-order valence-corrected chi connectivity index (χ4v) is 3.65. The summed E-state index contributed by atoms with van der Waals surface area (Å²) in [6.07, 6.45) is 1.56. The van der Waals surface area contributed by atoms with Gasteiger partial charge in [0.2, 0.25) is 0 Å². The summed E-state index contributed by atoms with van der Waals surface area (Å²) in [6, 6.07) is 25.1. The molecule has 33 heavy (non-hydrogen) atoms. The summed E-state index contributed by atoms with van der Waals surface area (Å²) < 4.78 is 25.4. The van der Waals surface area contributed by atoms with Crippen LogP contribution in [0.25, 0.3) is 10.8 Å². The van der Waals surface area contributed by atoms with Crippen molar-refractivity contribution in [1.29, 1.82) is 0 Å². The average molecular weight is 507 g/mol. The Bertz CT molecular complexity index is 1290. The largest absolute Gasteiger partial charge is 0.488 e. The first-order chi connectivity index (χ1) is 16.1. The van der Waals surface area contributed by atoms with Crippen LogP contribution >= 0.6 is 15.9 Å². The minimum absolute atomic E-state index is 0.245. The number of halogens is 2. The van der Waals surface area contributed by atoms with Gasteiger partial charge in [-0.25, -0.2) is 9.82 Å². The van der Waals surface area contributed by atoms with Gasteiger partial charge in [-0.05, 0) is 58.8 Å². The third kappa shape index (κ3) is 6.17. The molecule has 1 amide bonds. The van der Waals surface area contributed by atoms with Crippen molar-refractivity contribution in [2.45, 2.75) is 6.61 Å². The highest BCUT2D eigenvalue weighted by molar-refractivity contribution is 9.10. The van der Waals surface area contributed by atoms with Gasteiger partial charge < -0.3 is 9.47 Å². The molecular formula is C26H20BrFN2O3. The van der Waals surface area contributed by atoms with Gasteiger partial charge in [0.1, 0.15) is 23.9 Å². The van der Waals surface area contributed by atoms with Gasteiger partial charge in [-0.15, -0.1) is 0 Å². The fourth-order valence-electron chi connectivity index (χ4n) is 3.20. The van der Waals surface area contributed by atoms with E-state index in [1.165, 1.54) is 24.3 Å². The third-order valence-corrected chi connectivity index (χ3v) is 5.27. The summed E-state index contributed by atoms with van der Waals surface area (Å²) in [6.45, 7) is 0.140. The first kappa shape index (κ1) is 22.5. The molecule has 0 fully saturated rings. The molecule has 4 aromatic carbocycles. The summed E-state index contributed by atoms with van der Waals surface area (Å²) in [4.78, 5) is 12.1. The van der Waals surface area contributed by atoms with Crippen LogP contribution in [-0.4, -0.2) is 18.7 Å². The second-order valence-corrected chi connectivity index (χ2v) is 8.07. The smallest absolute Gasteiger partial charge is 0.277 e. The van der Waals surface area contributed by atoms with E-state index >= 15 is 0 Å². The fraction of sp³-hybridized carbons (Fsp3) is 0.0769. The predicted octanol–water partition coefficient (Wildman–Crippen LogP) is 5.85. The summed E-state index contributed by atoms with van der Waals surface area (Å²) in [5.74, 6) is 0.235. The number of fused-ring (bicyclic) bond motifs is 1. The highest BCUT2D eigenvalue weighted by Gasteiger charge is 2.09. The van der Waals surface area contributed by atoms with E-state index in [4.69, 9.17) is 9.47 Å². The number of benzene rings is 4. The van der Waals surface area contributed by atoms with Crippen LogP contribution in [0.15, 0.2) is 94.5 Å². The number of carbonyl (C=O) groups is 1.